The number of hydrogen-bond donors (Lipinski definition) is 1. The topological polar surface area (TPSA) is 88.4 Å². The number of piperazine rings is 1. The van der Waals surface area contributed by atoms with Crippen LogP contribution in [0.15, 0.2) is 33.9 Å². The number of anilines is 1. The van der Waals surface area contributed by atoms with Crippen molar-refractivity contribution in [2.45, 2.75) is 20.0 Å². The van der Waals surface area contributed by atoms with Gasteiger partial charge in [0.25, 0.3) is 5.56 Å². The third kappa shape index (κ3) is 3.90. The molecule has 1 saturated heterocycles. The maximum absolute atomic E-state index is 12.5. The van der Waals surface area contributed by atoms with Gasteiger partial charge in [0.2, 0.25) is 5.95 Å². The Morgan fingerprint density at radius 1 is 1.10 bits per heavy atom. The molecule has 9 nitrogen and oxygen atoms in total. The summed E-state index contributed by atoms with van der Waals surface area (Å²) in [5, 5.41) is 0. The molecule has 160 valence electrons. The van der Waals surface area contributed by atoms with Gasteiger partial charge >= 0.3 is 5.69 Å². The summed E-state index contributed by atoms with van der Waals surface area (Å²) in [7, 11) is 3.25. The molecule has 1 fully saturated rings. The minimum atomic E-state index is -0.460. The molecule has 0 aliphatic carbocycles. The fourth-order valence-electron chi connectivity index (χ4n) is 3.92. The Balaban J connectivity index is 1.58. The number of imidazole rings is 1. The van der Waals surface area contributed by atoms with Crippen LogP contribution in [0, 0.1) is 6.92 Å². The lowest BCUT2D eigenvalue weighted by Crippen LogP contribution is -2.47. The van der Waals surface area contributed by atoms with E-state index in [1.165, 1.54) is 15.7 Å². The molecule has 30 heavy (non-hydrogen) atoms. The van der Waals surface area contributed by atoms with Crippen molar-refractivity contribution in [2.24, 2.45) is 7.05 Å². The van der Waals surface area contributed by atoms with Gasteiger partial charge in [-0.25, -0.2) is 4.79 Å². The van der Waals surface area contributed by atoms with Gasteiger partial charge in [-0.15, -0.1) is 0 Å². The van der Waals surface area contributed by atoms with Crippen LogP contribution in [0.2, 0.25) is 0 Å². The first kappa shape index (κ1) is 20.4. The number of aromatic amines is 1. The van der Waals surface area contributed by atoms with Gasteiger partial charge < -0.3 is 14.2 Å². The van der Waals surface area contributed by atoms with Gasteiger partial charge in [0.1, 0.15) is 0 Å². The molecule has 0 atom stereocenters. The van der Waals surface area contributed by atoms with E-state index in [1.807, 2.05) is 4.57 Å². The maximum Gasteiger partial charge on any atom is 0.329 e. The molecule has 0 spiro atoms. The lowest BCUT2D eigenvalue weighted by atomic mass is 10.1. The number of H-pyrrole nitrogens is 1. The first-order chi connectivity index (χ1) is 14.5. The Bertz CT molecular complexity index is 1140. The van der Waals surface area contributed by atoms with E-state index in [0.29, 0.717) is 30.3 Å². The van der Waals surface area contributed by atoms with E-state index in [2.05, 4.69) is 51.0 Å². The SMILES string of the molecule is COCCn1c(N2CCN(Cc3ccc(C)cc3)CC2)nc2c1c(=O)[nH]c(=O)n2C. The van der Waals surface area contributed by atoms with Crippen LogP contribution in [0.25, 0.3) is 11.2 Å². The molecule has 4 rings (SSSR count). The van der Waals surface area contributed by atoms with Gasteiger partial charge in [-0.1, -0.05) is 29.8 Å². The van der Waals surface area contributed by atoms with Crippen molar-refractivity contribution in [3.05, 3.63) is 56.2 Å². The summed E-state index contributed by atoms with van der Waals surface area (Å²) in [6.45, 7) is 7.36. The molecule has 1 aromatic carbocycles. The van der Waals surface area contributed by atoms with Crippen molar-refractivity contribution in [3.63, 3.8) is 0 Å². The molecule has 2 aromatic heterocycles. The van der Waals surface area contributed by atoms with Gasteiger partial charge in [0.15, 0.2) is 11.2 Å². The summed E-state index contributed by atoms with van der Waals surface area (Å²) in [6.07, 6.45) is 0. The average Bonchev–Trinajstić information content (AvgIpc) is 3.13. The lowest BCUT2D eigenvalue weighted by Gasteiger charge is -2.35. The molecule has 1 aliphatic rings. The van der Waals surface area contributed by atoms with Crippen molar-refractivity contribution in [2.75, 3.05) is 44.8 Å². The number of aryl methyl sites for hydroxylation is 2. The average molecular weight is 412 g/mol. The fraction of sp³-hybridized carbons (Fsp3) is 0.476. The van der Waals surface area contributed by atoms with Gasteiger partial charge in [-0.3, -0.25) is 19.2 Å². The minimum Gasteiger partial charge on any atom is -0.383 e. The monoisotopic (exact) mass is 412 g/mol. The smallest absolute Gasteiger partial charge is 0.329 e. The molecule has 3 aromatic rings. The summed E-state index contributed by atoms with van der Waals surface area (Å²) in [5.74, 6) is 0.712. The number of hydrogen-bond acceptors (Lipinski definition) is 6. The molecule has 0 saturated carbocycles. The number of rotatable bonds is 6. The minimum absolute atomic E-state index is 0.400. The van der Waals surface area contributed by atoms with Gasteiger partial charge in [0, 0.05) is 53.4 Å². The number of benzene rings is 1. The summed E-state index contributed by atoms with van der Waals surface area (Å²) < 4.78 is 8.49. The highest BCUT2D eigenvalue weighted by Crippen LogP contribution is 2.21. The zero-order valence-electron chi connectivity index (χ0n) is 17.7. The third-order valence-corrected chi connectivity index (χ3v) is 5.69. The Hall–Kier alpha value is -2.91. The molecule has 0 radical (unpaired) electrons. The van der Waals surface area contributed by atoms with Crippen molar-refractivity contribution in [1.29, 1.82) is 0 Å². The second-order valence-corrected chi connectivity index (χ2v) is 7.80. The predicted molar refractivity (Wildman–Crippen MR) is 116 cm³/mol. The van der Waals surface area contributed by atoms with Crippen LogP contribution in [0.1, 0.15) is 11.1 Å². The standard InChI is InChI=1S/C21H28N6O3/c1-15-4-6-16(7-5-15)14-25-8-10-26(11-9-25)20-22-18-17(27(20)12-13-30-3)19(28)23-21(29)24(18)2/h4-7H,8-14H2,1-3H3,(H,23,28,29). The van der Waals surface area contributed by atoms with Crippen LogP contribution in [-0.4, -0.2) is 63.9 Å². The Morgan fingerprint density at radius 3 is 2.47 bits per heavy atom. The number of aromatic nitrogens is 4. The molecule has 3 heterocycles. The second kappa shape index (κ2) is 8.45. The van der Waals surface area contributed by atoms with E-state index in [-0.39, 0.29) is 0 Å². The highest BCUT2D eigenvalue weighted by atomic mass is 16.5. The zero-order chi connectivity index (χ0) is 21.3. The van der Waals surface area contributed by atoms with Crippen LogP contribution < -0.4 is 16.1 Å². The molecule has 0 bridgehead atoms. The zero-order valence-corrected chi connectivity index (χ0v) is 17.7. The van der Waals surface area contributed by atoms with E-state index in [1.54, 1.807) is 14.2 Å². The highest BCUT2D eigenvalue weighted by Gasteiger charge is 2.24. The summed E-state index contributed by atoms with van der Waals surface area (Å²) >= 11 is 0. The Kier molecular flexibility index (Phi) is 5.74. The molecular weight excluding hydrogens is 384 g/mol. The number of nitrogens with one attached hydrogen (secondary N) is 1. The van der Waals surface area contributed by atoms with Gasteiger partial charge in [-0.2, -0.15) is 4.98 Å². The second-order valence-electron chi connectivity index (χ2n) is 7.80. The van der Waals surface area contributed by atoms with Crippen LogP contribution in [0.5, 0.6) is 0 Å². The lowest BCUT2D eigenvalue weighted by molar-refractivity contribution is 0.188. The van der Waals surface area contributed by atoms with E-state index in [0.717, 1.165) is 32.7 Å². The van der Waals surface area contributed by atoms with Crippen molar-refractivity contribution in [3.8, 4) is 0 Å². The van der Waals surface area contributed by atoms with Crippen LogP contribution in [0.3, 0.4) is 0 Å². The summed E-state index contributed by atoms with van der Waals surface area (Å²) in [5.41, 5.74) is 2.51. The molecule has 9 heteroatoms. The molecule has 0 amide bonds. The van der Waals surface area contributed by atoms with Crippen molar-refractivity contribution >= 4 is 17.1 Å². The first-order valence-corrected chi connectivity index (χ1v) is 10.2. The summed E-state index contributed by atoms with van der Waals surface area (Å²) in [6, 6.07) is 8.65. The van der Waals surface area contributed by atoms with Crippen molar-refractivity contribution < 1.29 is 4.74 Å². The van der Waals surface area contributed by atoms with Crippen LogP contribution in [-0.2, 0) is 24.9 Å². The maximum atomic E-state index is 12.5. The highest BCUT2D eigenvalue weighted by molar-refractivity contribution is 5.74. The number of nitrogens with zero attached hydrogens (tertiary/aromatic N) is 5. The molecule has 0 unspecified atom stereocenters. The molecule has 1 N–H and O–H groups in total. The first-order valence-electron chi connectivity index (χ1n) is 10.2. The molecular formula is C21H28N6O3. The van der Waals surface area contributed by atoms with Crippen LogP contribution >= 0.6 is 0 Å². The van der Waals surface area contributed by atoms with Crippen LogP contribution in [0.4, 0.5) is 5.95 Å². The Morgan fingerprint density at radius 2 is 1.80 bits per heavy atom. The molecule has 1 aliphatic heterocycles. The predicted octanol–water partition coefficient (Wildman–Crippen LogP) is 0.700. The third-order valence-electron chi connectivity index (χ3n) is 5.69. The van der Waals surface area contributed by atoms with E-state index in [4.69, 9.17) is 4.74 Å². The van der Waals surface area contributed by atoms with Gasteiger partial charge in [-0.05, 0) is 12.5 Å². The largest absolute Gasteiger partial charge is 0.383 e. The van der Waals surface area contributed by atoms with E-state index in [9.17, 15) is 9.59 Å². The number of fused-ring (bicyclic) bond motifs is 1. The van der Waals surface area contributed by atoms with Crippen molar-refractivity contribution in [1.82, 2.24) is 24.0 Å². The number of ether oxygens (including phenoxy) is 1. The van der Waals surface area contributed by atoms with E-state index >= 15 is 0 Å². The fourth-order valence-corrected chi connectivity index (χ4v) is 3.92. The van der Waals surface area contributed by atoms with Gasteiger partial charge in [0.05, 0.1) is 6.61 Å². The Labute approximate surface area is 174 Å². The normalized spacial score (nSPS) is 15.2. The quantitative estimate of drug-likeness (QED) is 0.641. The summed E-state index contributed by atoms with van der Waals surface area (Å²) in [4.78, 5) is 36.2. The number of methoxy groups -OCH3 is 1. The van der Waals surface area contributed by atoms with E-state index < -0.39 is 11.2 Å².